The standard InChI is InChI=1S/C12H16FN/c13-11-6-2-3-7-12(10-11)14-8-4-1-5-9-14/h2-3,6-7,10,12H,1,4-5,8-9H2. The summed E-state index contributed by atoms with van der Waals surface area (Å²) in [5.41, 5.74) is 0. The maximum Gasteiger partial charge on any atom is 0.121 e. The van der Waals surface area contributed by atoms with Crippen LogP contribution >= 0.6 is 0 Å². The van der Waals surface area contributed by atoms with Gasteiger partial charge in [0.25, 0.3) is 0 Å². The number of hydrogen-bond acceptors (Lipinski definition) is 1. The van der Waals surface area contributed by atoms with Crippen LogP contribution in [-0.4, -0.2) is 24.0 Å². The molecule has 1 aliphatic heterocycles. The fourth-order valence-electron chi connectivity index (χ4n) is 2.04. The molecular formula is C12H16FN. The molecule has 0 N–H and O–H groups in total. The van der Waals surface area contributed by atoms with Crippen LogP contribution < -0.4 is 0 Å². The van der Waals surface area contributed by atoms with Crippen molar-refractivity contribution >= 4 is 0 Å². The van der Waals surface area contributed by atoms with Crippen molar-refractivity contribution < 1.29 is 4.39 Å². The van der Waals surface area contributed by atoms with Gasteiger partial charge in [-0.2, -0.15) is 0 Å². The first kappa shape index (κ1) is 9.66. The summed E-state index contributed by atoms with van der Waals surface area (Å²) < 4.78 is 13.2. The van der Waals surface area contributed by atoms with E-state index in [-0.39, 0.29) is 11.9 Å². The molecule has 1 atom stereocenters. The lowest BCUT2D eigenvalue weighted by Gasteiger charge is -2.30. The second-order valence-corrected chi connectivity index (χ2v) is 3.88. The molecule has 0 radical (unpaired) electrons. The van der Waals surface area contributed by atoms with E-state index in [2.05, 4.69) is 11.0 Å². The number of nitrogens with zero attached hydrogens (tertiary/aromatic N) is 1. The summed E-state index contributed by atoms with van der Waals surface area (Å²) in [6.07, 6.45) is 12.8. The molecule has 1 aliphatic carbocycles. The van der Waals surface area contributed by atoms with E-state index in [0.29, 0.717) is 0 Å². The van der Waals surface area contributed by atoms with E-state index in [9.17, 15) is 4.39 Å². The van der Waals surface area contributed by atoms with Crippen LogP contribution in [-0.2, 0) is 0 Å². The molecule has 1 nitrogen and oxygen atoms in total. The number of allylic oxidation sites excluding steroid dienone is 4. The van der Waals surface area contributed by atoms with Gasteiger partial charge in [-0.25, -0.2) is 4.39 Å². The second-order valence-electron chi connectivity index (χ2n) is 3.88. The minimum Gasteiger partial charge on any atom is -0.293 e. The number of rotatable bonds is 1. The average Bonchev–Trinajstić information content (AvgIpc) is 2.44. The van der Waals surface area contributed by atoms with Gasteiger partial charge >= 0.3 is 0 Å². The van der Waals surface area contributed by atoms with Gasteiger partial charge in [0.15, 0.2) is 0 Å². The molecule has 1 unspecified atom stereocenters. The lowest BCUT2D eigenvalue weighted by molar-refractivity contribution is 0.214. The molecule has 2 rings (SSSR count). The van der Waals surface area contributed by atoms with Gasteiger partial charge in [-0.1, -0.05) is 24.6 Å². The molecule has 1 fully saturated rings. The SMILES string of the molecule is FC1=CC(N2CCCCC2)C=CC=C1. The average molecular weight is 193 g/mol. The van der Waals surface area contributed by atoms with E-state index in [1.54, 1.807) is 12.2 Å². The van der Waals surface area contributed by atoms with Crippen LogP contribution in [0, 0.1) is 0 Å². The van der Waals surface area contributed by atoms with E-state index in [0.717, 1.165) is 13.1 Å². The lowest BCUT2D eigenvalue weighted by Crippen LogP contribution is -2.36. The number of piperidine rings is 1. The van der Waals surface area contributed by atoms with Crippen LogP contribution in [0.5, 0.6) is 0 Å². The maximum absolute atomic E-state index is 13.2. The number of hydrogen-bond donors (Lipinski definition) is 0. The Morgan fingerprint density at radius 2 is 1.93 bits per heavy atom. The topological polar surface area (TPSA) is 3.24 Å². The Balaban J connectivity index is 2.05. The van der Waals surface area contributed by atoms with E-state index in [1.807, 2.05) is 6.08 Å². The van der Waals surface area contributed by atoms with Crippen LogP contribution in [0.1, 0.15) is 19.3 Å². The highest BCUT2D eigenvalue weighted by Gasteiger charge is 2.17. The Bertz CT molecular complexity index is 272. The fraction of sp³-hybridized carbons (Fsp3) is 0.500. The molecule has 0 bridgehead atoms. The zero-order chi connectivity index (χ0) is 9.80. The van der Waals surface area contributed by atoms with Gasteiger partial charge < -0.3 is 0 Å². The summed E-state index contributed by atoms with van der Waals surface area (Å²) in [5.74, 6) is -0.120. The van der Waals surface area contributed by atoms with Crippen molar-refractivity contribution in [2.45, 2.75) is 25.3 Å². The predicted molar refractivity (Wildman–Crippen MR) is 56.7 cm³/mol. The molecule has 1 saturated heterocycles. The summed E-state index contributed by atoms with van der Waals surface area (Å²) in [5, 5.41) is 0. The molecule has 0 aromatic heterocycles. The molecule has 0 aromatic carbocycles. The van der Waals surface area contributed by atoms with Crippen molar-refractivity contribution in [1.29, 1.82) is 0 Å². The summed E-state index contributed by atoms with van der Waals surface area (Å²) >= 11 is 0. The third-order valence-electron chi connectivity index (χ3n) is 2.82. The molecule has 0 spiro atoms. The monoisotopic (exact) mass is 193 g/mol. The number of likely N-dealkylation sites (tertiary alicyclic amines) is 1. The van der Waals surface area contributed by atoms with E-state index < -0.39 is 0 Å². The summed E-state index contributed by atoms with van der Waals surface area (Å²) in [6, 6.07) is 0.158. The minimum atomic E-state index is -0.120. The van der Waals surface area contributed by atoms with Crippen molar-refractivity contribution in [2.75, 3.05) is 13.1 Å². The van der Waals surface area contributed by atoms with Crippen LogP contribution in [0.25, 0.3) is 0 Å². The maximum atomic E-state index is 13.2. The predicted octanol–water partition coefficient (Wildman–Crippen LogP) is 2.82. The molecule has 0 amide bonds. The zero-order valence-electron chi connectivity index (χ0n) is 8.32. The van der Waals surface area contributed by atoms with Gasteiger partial charge in [0.1, 0.15) is 5.83 Å². The normalized spacial score (nSPS) is 28.6. The van der Waals surface area contributed by atoms with Gasteiger partial charge in [0.2, 0.25) is 0 Å². The minimum absolute atomic E-state index is 0.120. The van der Waals surface area contributed by atoms with E-state index in [1.165, 1.54) is 25.3 Å². The summed E-state index contributed by atoms with van der Waals surface area (Å²) in [7, 11) is 0. The Labute approximate surface area is 84.6 Å². The Kier molecular flexibility index (Phi) is 3.14. The van der Waals surface area contributed by atoms with Crippen LogP contribution in [0.4, 0.5) is 4.39 Å². The molecule has 0 saturated carbocycles. The Morgan fingerprint density at radius 1 is 1.14 bits per heavy atom. The van der Waals surface area contributed by atoms with E-state index in [4.69, 9.17) is 0 Å². The van der Waals surface area contributed by atoms with Crippen molar-refractivity contribution in [3.05, 3.63) is 36.2 Å². The fourth-order valence-corrected chi connectivity index (χ4v) is 2.04. The van der Waals surface area contributed by atoms with Crippen LogP contribution in [0.2, 0.25) is 0 Å². The second kappa shape index (κ2) is 4.56. The summed E-state index contributed by atoms with van der Waals surface area (Å²) in [4.78, 5) is 2.34. The van der Waals surface area contributed by atoms with Crippen molar-refractivity contribution in [2.24, 2.45) is 0 Å². The molecule has 76 valence electrons. The lowest BCUT2D eigenvalue weighted by atomic mass is 10.1. The van der Waals surface area contributed by atoms with Gasteiger partial charge in [-0.05, 0) is 38.1 Å². The first-order valence-corrected chi connectivity index (χ1v) is 5.32. The Hall–Kier alpha value is -0.890. The summed E-state index contributed by atoms with van der Waals surface area (Å²) in [6.45, 7) is 2.19. The third-order valence-corrected chi connectivity index (χ3v) is 2.82. The van der Waals surface area contributed by atoms with Gasteiger partial charge in [-0.3, -0.25) is 4.90 Å². The van der Waals surface area contributed by atoms with Crippen molar-refractivity contribution in [3.8, 4) is 0 Å². The smallest absolute Gasteiger partial charge is 0.121 e. The zero-order valence-corrected chi connectivity index (χ0v) is 8.32. The van der Waals surface area contributed by atoms with E-state index >= 15 is 0 Å². The molecular weight excluding hydrogens is 177 g/mol. The van der Waals surface area contributed by atoms with Gasteiger partial charge in [-0.15, -0.1) is 0 Å². The molecule has 2 aliphatic rings. The quantitative estimate of drug-likeness (QED) is 0.619. The largest absolute Gasteiger partial charge is 0.293 e. The molecule has 0 aromatic rings. The molecule has 2 heteroatoms. The third kappa shape index (κ3) is 2.32. The highest BCUT2D eigenvalue weighted by atomic mass is 19.1. The molecule has 1 heterocycles. The highest BCUT2D eigenvalue weighted by molar-refractivity contribution is 5.26. The number of halogens is 1. The first-order valence-electron chi connectivity index (χ1n) is 5.32. The van der Waals surface area contributed by atoms with Crippen LogP contribution in [0.3, 0.4) is 0 Å². The van der Waals surface area contributed by atoms with Gasteiger partial charge in [0.05, 0.1) is 0 Å². The van der Waals surface area contributed by atoms with Gasteiger partial charge in [0, 0.05) is 6.04 Å². The first-order chi connectivity index (χ1) is 6.86. The van der Waals surface area contributed by atoms with Crippen molar-refractivity contribution in [3.63, 3.8) is 0 Å². The van der Waals surface area contributed by atoms with Crippen LogP contribution in [0.15, 0.2) is 36.2 Å². The Morgan fingerprint density at radius 3 is 2.71 bits per heavy atom. The van der Waals surface area contributed by atoms with Crippen molar-refractivity contribution in [1.82, 2.24) is 4.90 Å². The highest BCUT2D eigenvalue weighted by Crippen LogP contribution is 2.17. The molecule has 14 heavy (non-hydrogen) atoms.